The molecule has 3 nitrogen and oxygen atoms in total. The molecule has 1 aromatic carbocycles. The lowest BCUT2D eigenvalue weighted by Crippen LogP contribution is -2.23. The number of nitrogens with zero attached hydrogens (tertiary/aromatic N) is 2. The molecule has 1 N–H and O–H groups in total. The number of halogens is 1. The Hall–Kier alpha value is -1.17. The van der Waals surface area contributed by atoms with Crippen LogP contribution in [0.25, 0.3) is 11.0 Å². The number of hydrogen-bond acceptors (Lipinski definition) is 3. The van der Waals surface area contributed by atoms with Crippen LogP contribution in [-0.4, -0.2) is 16.1 Å². The molecule has 1 unspecified atom stereocenters. The van der Waals surface area contributed by atoms with E-state index in [2.05, 4.69) is 70.1 Å². The first kappa shape index (κ1) is 14.8. The Balaban J connectivity index is 1.66. The monoisotopic (exact) mass is 363 g/mol. The van der Waals surface area contributed by atoms with Crippen LogP contribution in [0.1, 0.15) is 23.7 Å². The highest BCUT2D eigenvalue weighted by molar-refractivity contribution is 9.11. The predicted octanol–water partition coefficient (Wildman–Crippen LogP) is 4.29. The van der Waals surface area contributed by atoms with Crippen LogP contribution in [0, 0.1) is 0 Å². The van der Waals surface area contributed by atoms with Crippen LogP contribution in [0.5, 0.6) is 0 Å². The normalized spacial score (nSPS) is 12.9. The van der Waals surface area contributed by atoms with E-state index in [0.717, 1.165) is 24.3 Å². The Morgan fingerprint density at radius 3 is 2.81 bits per heavy atom. The van der Waals surface area contributed by atoms with Crippen molar-refractivity contribution in [2.75, 3.05) is 6.54 Å². The summed E-state index contributed by atoms with van der Waals surface area (Å²) in [5.74, 6) is 1.09. The lowest BCUT2D eigenvalue weighted by Gasteiger charge is -2.13. The lowest BCUT2D eigenvalue weighted by molar-refractivity contribution is 0.537. The van der Waals surface area contributed by atoms with Crippen molar-refractivity contribution >= 4 is 38.3 Å². The number of hydrogen-bond donors (Lipinski definition) is 1. The number of nitrogens with one attached hydrogen (secondary N) is 1. The fourth-order valence-corrected chi connectivity index (χ4v) is 4.02. The van der Waals surface area contributed by atoms with E-state index in [1.54, 1.807) is 11.3 Å². The molecule has 0 aliphatic heterocycles. The quantitative estimate of drug-likeness (QED) is 0.732. The number of fused-ring (bicyclic) bond motifs is 1. The Morgan fingerprint density at radius 2 is 2.10 bits per heavy atom. The van der Waals surface area contributed by atoms with E-state index >= 15 is 0 Å². The maximum Gasteiger partial charge on any atom is 0.126 e. The summed E-state index contributed by atoms with van der Waals surface area (Å²) >= 11 is 5.30. The number of para-hydroxylation sites is 2. The number of benzene rings is 1. The zero-order chi connectivity index (χ0) is 14.8. The molecule has 0 amide bonds. The van der Waals surface area contributed by atoms with Crippen LogP contribution >= 0.6 is 27.3 Å². The molecule has 0 aliphatic carbocycles. The first-order valence-electron chi connectivity index (χ1n) is 7.04. The molecule has 0 saturated carbocycles. The summed E-state index contributed by atoms with van der Waals surface area (Å²) < 4.78 is 3.37. The zero-order valence-corrected chi connectivity index (χ0v) is 14.5. The molecule has 0 saturated heterocycles. The summed E-state index contributed by atoms with van der Waals surface area (Å²) in [5.41, 5.74) is 2.24. The van der Waals surface area contributed by atoms with Crippen LogP contribution in [0.2, 0.25) is 0 Å². The van der Waals surface area contributed by atoms with Crippen LogP contribution < -0.4 is 5.32 Å². The first-order valence-corrected chi connectivity index (χ1v) is 8.65. The van der Waals surface area contributed by atoms with E-state index in [1.807, 2.05) is 6.07 Å². The molecule has 1 atom stereocenters. The van der Waals surface area contributed by atoms with Gasteiger partial charge in [-0.15, -0.1) is 11.3 Å². The molecule has 3 rings (SSSR count). The summed E-state index contributed by atoms with van der Waals surface area (Å²) in [4.78, 5) is 6.13. The number of imidazole rings is 1. The van der Waals surface area contributed by atoms with Gasteiger partial charge in [0, 0.05) is 18.5 Å². The minimum absolute atomic E-state index is 0.241. The van der Waals surface area contributed by atoms with Gasteiger partial charge in [-0.25, -0.2) is 4.98 Å². The number of thiophene rings is 1. The van der Waals surface area contributed by atoms with Gasteiger partial charge in [0.15, 0.2) is 0 Å². The van der Waals surface area contributed by atoms with Crippen molar-refractivity contribution in [3.05, 3.63) is 50.9 Å². The minimum atomic E-state index is 0.241. The highest BCUT2D eigenvalue weighted by Crippen LogP contribution is 2.23. The third-order valence-corrected chi connectivity index (χ3v) is 5.34. The van der Waals surface area contributed by atoms with Crippen molar-refractivity contribution < 1.29 is 0 Å². The van der Waals surface area contributed by atoms with Crippen molar-refractivity contribution in [2.24, 2.45) is 7.05 Å². The van der Waals surface area contributed by atoms with Crippen LogP contribution in [-0.2, 0) is 13.5 Å². The number of aryl methyl sites for hydroxylation is 1. The minimum Gasteiger partial charge on any atom is -0.330 e. The van der Waals surface area contributed by atoms with Crippen molar-refractivity contribution in [3.63, 3.8) is 0 Å². The molecule has 0 fully saturated rings. The summed E-state index contributed by atoms with van der Waals surface area (Å²) in [7, 11) is 2.08. The standard InChI is InChI=1S/C16H18BrN3S/c1-11(18-10-9-12-7-8-15(17)21-12)16-19-13-5-3-4-6-14(13)20(16)2/h3-8,11,18H,9-10H2,1-2H3. The number of rotatable bonds is 5. The summed E-state index contributed by atoms with van der Waals surface area (Å²) in [5, 5.41) is 3.57. The Kier molecular flexibility index (Phi) is 4.42. The maximum absolute atomic E-state index is 4.74. The Bertz CT molecular complexity index is 747. The maximum atomic E-state index is 4.74. The molecule has 0 bridgehead atoms. The predicted molar refractivity (Wildman–Crippen MR) is 92.9 cm³/mol. The fourth-order valence-electron chi connectivity index (χ4n) is 2.54. The van der Waals surface area contributed by atoms with E-state index in [9.17, 15) is 0 Å². The van der Waals surface area contributed by atoms with Crippen molar-refractivity contribution in [1.29, 1.82) is 0 Å². The van der Waals surface area contributed by atoms with Crippen LogP contribution in [0.3, 0.4) is 0 Å². The van der Waals surface area contributed by atoms with Gasteiger partial charge in [0.2, 0.25) is 0 Å². The largest absolute Gasteiger partial charge is 0.330 e. The molecule has 0 radical (unpaired) electrons. The summed E-state index contributed by atoms with van der Waals surface area (Å²) in [6, 6.07) is 12.8. The average Bonchev–Trinajstić information content (AvgIpc) is 3.03. The summed E-state index contributed by atoms with van der Waals surface area (Å²) in [6.45, 7) is 3.13. The molecule has 0 spiro atoms. The van der Waals surface area contributed by atoms with Gasteiger partial charge in [-0.05, 0) is 53.5 Å². The van der Waals surface area contributed by atoms with Crippen LogP contribution in [0.4, 0.5) is 0 Å². The molecular formula is C16H18BrN3S. The third kappa shape index (κ3) is 3.20. The second-order valence-electron chi connectivity index (χ2n) is 5.15. The van der Waals surface area contributed by atoms with Crippen molar-refractivity contribution in [2.45, 2.75) is 19.4 Å². The topological polar surface area (TPSA) is 29.9 Å². The Morgan fingerprint density at radius 1 is 1.29 bits per heavy atom. The first-order chi connectivity index (χ1) is 10.1. The van der Waals surface area contributed by atoms with Gasteiger partial charge in [-0.1, -0.05) is 12.1 Å². The molecule has 0 aliphatic rings. The molecular weight excluding hydrogens is 346 g/mol. The van der Waals surface area contributed by atoms with E-state index in [-0.39, 0.29) is 6.04 Å². The van der Waals surface area contributed by atoms with Crippen LogP contribution in [0.15, 0.2) is 40.2 Å². The van der Waals surface area contributed by atoms with Gasteiger partial charge in [-0.3, -0.25) is 0 Å². The van der Waals surface area contributed by atoms with E-state index in [4.69, 9.17) is 4.98 Å². The van der Waals surface area contributed by atoms with Crippen molar-refractivity contribution in [1.82, 2.24) is 14.9 Å². The molecule has 2 aromatic heterocycles. The second kappa shape index (κ2) is 6.30. The van der Waals surface area contributed by atoms with Gasteiger partial charge in [0.25, 0.3) is 0 Å². The third-order valence-electron chi connectivity index (χ3n) is 3.66. The van der Waals surface area contributed by atoms with E-state index < -0.39 is 0 Å². The van der Waals surface area contributed by atoms with E-state index in [1.165, 1.54) is 14.2 Å². The van der Waals surface area contributed by atoms with Crippen molar-refractivity contribution in [3.8, 4) is 0 Å². The van der Waals surface area contributed by atoms with Gasteiger partial charge >= 0.3 is 0 Å². The van der Waals surface area contributed by atoms with Gasteiger partial charge < -0.3 is 9.88 Å². The van der Waals surface area contributed by atoms with E-state index in [0.29, 0.717) is 0 Å². The second-order valence-corrected chi connectivity index (χ2v) is 7.70. The molecule has 3 aromatic rings. The Labute approximate surface area is 137 Å². The summed E-state index contributed by atoms with van der Waals surface area (Å²) in [6.07, 6.45) is 1.05. The van der Waals surface area contributed by atoms with Gasteiger partial charge in [0.05, 0.1) is 20.9 Å². The highest BCUT2D eigenvalue weighted by atomic mass is 79.9. The molecule has 5 heteroatoms. The highest BCUT2D eigenvalue weighted by Gasteiger charge is 2.13. The molecule has 2 heterocycles. The zero-order valence-electron chi connectivity index (χ0n) is 12.1. The smallest absolute Gasteiger partial charge is 0.126 e. The van der Waals surface area contributed by atoms with Gasteiger partial charge in [0.1, 0.15) is 5.82 Å². The molecule has 21 heavy (non-hydrogen) atoms. The molecule has 110 valence electrons. The van der Waals surface area contributed by atoms with Gasteiger partial charge in [-0.2, -0.15) is 0 Å². The fraction of sp³-hybridized carbons (Fsp3) is 0.312. The SMILES string of the molecule is CC(NCCc1ccc(Br)s1)c1nc2ccccc2n1C. The average molecular weight is 364 g/mol. The number of aromatic nitrogens is 2. The lowest BCUT2D eigenvalue weighted by atomic mass is 10.3.